The molecule has 0 unspecified atom stereocenters. The van der Waals surface area contributed by atoms with Gasteiger partial charge in [-0.3, -0.25) is 4.79 Å². The lowest BCUT2D eigenvalue weighted by molar-refractivity contribution is -0.131. The summed E-state index contributed by atoms with van der Waals surface area (Å²) in [7, 11) is 0. The topological polar surface area (TPSA) is 43.1 Å². The third kappa shape index (κ3) is 1.85. The number of hydrogen-bond donors (Lipinski definition) is 1. The number of nitrogens with two attached hydrogens (primary N) is 1. The highest BCUT2D eigenvalue weighted by Crippen LogP contribution is 2.35. The van der Waals surface area contributed by atoms with Gasteiger partial charge in [-0.15, -0.1) is 0 Å². The average molecular weight is 195 g/mol. The highest BCUT2D eigenvalue weighted by Gasteiger charge is 2.42. The smallest absolute Gasteiger partial charge is 0.155 e. The van der Waals surface area contributed by atoms with Crippen molar-refractivity contribution in [2.45, 2.75) is 63.3 Å². The van der Waals surface area contributed by atoms with E-state index in [0.29, 0.717) is 11.7 Å². The molecular formula is C12H21NO. The summed E-state index contributed by atoms with van der Waals surface area (Å²) < 4.78 is 0. The lowest BCUT2D eigenvalue weighted by atomic mass is 9.70. The fraction of sp³-hybridized carbons (Fsp3) is 0.917. The predicted octanol–water partition coefficient (Wildman–Crippen LogP) is 2.41. The van der Waals surface area contributed by atoms with Crippen molar-refractivity contribution >= 4 is 5.78 Å². The average Bonchev–Trinajstić information content (AvgIpc) is 2.41. The Bertz CT molecular complexity index is 212. The second-order valence-electron chi connectivity index (χ2n) is 5.06. The fourth-order valence-electron chi connectivity index (χ4n) is 2.75. The van der Waals surface area contributed by atoms with Crippen LogP contribution in [0.15, 0.2) is 0 Å². The Kier molecular flexibility index (Phi) is 2.91. The van der Waals surface area contributed by atoms with Gasteiger partial charge in [-0.1, -0.05) is 25.7 Å². The van der Waals surface area contributed by atoms with E-state index in [2.05, 4.69) is 0 Å². The van der Waals surface area contributed by atoms with E-state index in [-0.39, 0.29) is 0 Å². The van der Waals surface area contributed by atoms with Crippen LogP contribution >= 0.6 is 0 Å². The maximum Gasteiger partial charge on any atom is 0.155 e. The van der Waals surface area contributed by atoms with Crippen LogP contribution in [0, 0.1) is 5.92 Å². The van der Waals surface area contributed by atoms with E-state index in [0.717, 1.165) is 32.1 Å². The standard InChI is InChI=1S/C12H21NO/c13-12(8-5-9-12)11(14)10-6-3-1-2-4-7-10/h10H,1-9,13H2. The molecule has 2 nitrogen and oxygen atoms in total. The molecule has 0 heterocycles. The number of ketones is 1. The molecule has 2 N–H and O–H groups in total. The van der Waals surface area contributed by atoms with Gasteiger partial charge in [0.05, 0.1) is 5.54 Å². The van der Waals surface area contributed by atoms with E-state index in [9.17, 15) is 4.79 Å². The summed E-state index contributed by atoms with van der Waals surface area (Å²) in [6.45, 7) is 0. The van der Waals surface area contributed by atoms with Crippen molar-refractivity contribution < 1.29 is 4.79 Å². The number of hydrogen-bond acceptors (Lipinski definition) is 2. The van der Waals surface area contributed by atoms with E-state index in [1.165, 1.54) is 25.7 Å². The molecule has 2 saturated carbocycles. The van der Waals surface area contributed by atoms with Crippen molar-refractivity contribution in [3.8, 4) is 0 Å². The summed E-state index contributed by atoms with van der Waals surface area (Å²) >= 11 is 0. The van der Waals surface area contributed by atoms with Crippen molar-refractivity contribution in [3.63, 3.8) is 0 Å². The highest BCUT2D eigenvalue weighted by molar-refractivity contribution is 5.91. The highest BCUT2D eigenvalue weighted by atomic mass is 16.1. The van der Waals surface area contributed by atoms with E-state index < -0.39 is 5.54 Å². The van der Waals surface area contributed by atoms with Gasteiger partial charge in [-0.2, -0.15) is 0 Å². The van der Waals surface area contributed by atoms with Gasteiger partial charge < -0.3 is 5.73 Å². The monoisotopic (exact) mass is 195 g/mol. The molecule has 0 radical (unpaired) electrons. The largest absolute Gasteiger partial charge is 0.319 e. The molecule has 0 saturated heterocycles. The number of rotatable bonds is 2. The number of Topliss-reactive ketones (excluding diaryl/α,β-unsaturated/α-hetero) is 1. The number of carbonyl (C=O) groups is 1. The molecule has 2 fully saturated rings. The summed E-state index contributed by atoms with van der Waals surface area (Å²) in [5.41, 5.74) is 5.67. The van der Waals surface area contributed by atoms with E-state index in [1.807, 2.05) is 0 Å². The molecular weight excluding hydrogens is 174 g/mol. The molecule has 0 aliphatic heterocycles. The van der Waals surface area contributed by atoms with Gasteiger partial charge in [0, 0.05) is 5.92 Å². The first-order chi connectivity index (χ1) is 6.72. The van der Waals surface area contributed by atoms with Crippen molar-refractivity contribution in [2.75, 3.05) is 0 Å². The van der Waals surface area contributed by atoms with Crippen molar-refractivity contribution in [1.82, 2.24) is 0 Å². The Morgan fingerprint density at radius 3 is 2.00 bits per heavy atom. The van der Waals surface area contributed by atoms with Gasteiger partial charge in [0.2, 0.25) is 0 Å². The molecule has 2 aliphatic rings. The molecule has 14 heavy (non-hydrogen) atoms. The molecule has 0 aromatic carbocycles. The molecule has 2 rings (SSSR count). The molecule has 0 bridgehead atoms. The van der Waals surface area contributed by atoms with Gasteiger partial charge in [-0.05, 0) is 32.1 Å². The first-order valence-electron chi connectivity index (χ1n) is 6.06. The van der Waals surface area contributed by atoms with Crippen LogP contribution in [0.1, 0.15) is 57.8 Å². The normalized spacial score (nSPS) is 27.8. The molecule has 80 valence electrons. The lowest BCUT2D eigenvalue weighted by Crippen LogP contribution is -2.55. The zero-order valence-corrected chi connectivity index (χ0v) is 8.93. The minimum absolute atomic E-state index is 0.294. The summed E-state index contributed by atoms with van der Waals surface area (Å²) in [4.78, 5) is 12.1. The van der Waals surface area contributed by atoms with Gasteiger partial charge in [0.1, 0.15) is 0 Å². The van der Waals surface area contributed by atoms with Crippen LogP contribution in [0.4, 0.5) is 0 Å². The second-order valence-corrected chi connectivity index (χ2v) is 5.06. The summed E-state index contributed by atoms with van der Waals surface area (Å²) in [6, 6.07) is 0. The van der Waals surface area contributed by atoms with Crippen LogP contribution in [0.3, 0.4) is 0 Å². The van der Waals surface area contributed by atoms with Crippen LogP contribution in [0.5, 0.6) is 0 Å². The minimum Gasteiger partial charge on any atom is -0.319 e. The second kappa shape index (κ2) is 4.01. The van der Waals surface area contributed by atoms with E-state index in [4.69, 9.17) is 5.73 Å². The first kappa shape index (κ1) is 10.2. The maximum absolute atomic E-state index is 12.1. The Morgan fingerprint density at radius 1 is 1.00 bits per heavy atom. The summed E-state index contributed by atoms with van der Waals surface area (Å²) in [5.74, 6) is 0.674. The maximum atomic E-state index is 12.1. The molecule has 0 atom stereocenters. The zero-order chi connectivity index (χ0) is 10.0. The van der Waals surface area contributed by atoms with E-state index in [1.54, 1.807) is 0 Å². The Hall–Kier alpha value is -0.370. The third-order valence-electron chi connectivity index (χ3n) is 3.96. The van der Waals surface area contributed by atoms with Crippen LogP contribution in [-0.2, 0) is 4.79 Å². The summed E-state index contributed by atoms with van der Waals surface area (Å²) in [6.07, 6.45) is 10.3. The Labute approximate surface area is 86.2 Å². The fourth-order valence-corrected chi connectivity index (χ4v) is 2.75. The molecule has 2 aliphatic carbocycles. The first-order valence-corrected chi connectivity index (χ1v) is 6.06. The van der Waals surface area contributed by atoms with E-state index >= 15 is 0 Å². The zero-order valence-electron chi connectivity index (χ0n) is 8.93. The van der Waals surface area contributed by atoms with Crippen LogP contribution in [-0.4, -0.2) is 11.3 Å². The van der Waals surface area contributed by atoms with Crippen LogP contribution in [0.2, 0.25) is 0 Å². The quantitative estimate of drug-likeness (QED) is 0.688. The molecule has 0 aromatic heterocycles. The van der Waals surface area contributed by atoms with Crippen molar-refractivity contribution in [1.29, 1.82) is 0 Å². The number of carbonyl (C=O) groups excluding carboxylic acids is 1. The molecule has 0 spiro atoms. The Balaban J connectivity index is 1.95. The SMILES string of the molecule is NC1(C(=O)C2CCCCCC2)CCC1. The third-order valence-corrected chi connectivity index (χ3v) is 3.96. The van der Waals surface area contributed by atoms with Crippen molar-refractivity contribution in [2.24, 2.45) is 11.7 Å². The minimum atomic E-state index is -0.408. The van der Waals surface area contributed by atoms with Gasteiger partial charge in [0.15, 0.2) is 5.78 Å². The summed E-state index contributed by atoms with van der Waals surface area (Å²) in [5, 5.41) is 0. The van der Waals surface area contributed by atoms with Crippen LogP contribution < -0.4 is 5.73 Å². The van der Waals surface area contributed by atoms with Crippen molar-refractivity contribution in [3.05, 3.63) is 0 Å². The van der Waals surface area contributed by atoms with Gasteiger partial charge in [0.25, 0.3) is 0 Å². The van der Waals surface area contributed by atoms with Crippen LogP contribution in [0.25, 0.3) is 0 Å². The molecule has 0 aromatic rings. The van der Waals surface area contributed by atoms with Gasteiger partial charge in [-0.25, -0.2) is 0 Å². The Morgan fingerprint density at radius 2 is 1.57 bits per heavy atom. The molecule has 0 amide bonds. The lowest BCUT2D eigenvalue weighted by Gasteiger charge is -2.38. The predicted molar refractivity (Wildman–Crippen MR) is 57.0 cm³/mol. The molecule has 2 heteroatoms. The van der Waals surface area contributed by atoms with Gasteiger partial charge >= 0.3 is 0 Å².